The molecule has 1 fully saturated rings. The molecule has 2 aromatic rings. The van der Waals surface area contributed by atoms with Crippen molar-refractivity contribution in [3.05, 3.63) is 47.3 Å². The first-order chi connectivity index (χ1) is 13.7. The van der Waals surface area contributed by atoms with Crippen molar-refractivity contribution in [1.29, 1.82) is 0 Å². The SMILES string of the molecule is CC(C)S(=O)(=O)c1ccc(CC(=O)N2CCCCC2c2cc(C(N)=O)n[nH]2)cc1. The molecular formula is C20H26N4O4S. The molecule has 1 saturated heterocycles. The molecule has 3 N–H and O–H groups in total. The van der Waals surface area contributed by atoms with Crippen molar-refractivity contribution in [1.82, 2.24) is 15.1 Å². The maximum Gasteiger partial charge on any atom is 0.269 e. The maximum absolute atomic E-state index is 13.0. The Labute approximate surface area is 170 Å². The number of amides is 2. The molecule has 156 valence electrons. The van der Waals surface area contributed by atoms with Gasteiger partial charge >= 0.3 is 0 Å². The molecule has 1 aliphatic rings. The number of hydrogen-bond donors (Lipinski definition) is 2. The van der Waals surface area contributed by atoms with Gasteiger partial charge in [-0.1, -0.05) is 12.1 Å². The number of likely N-dealkylation sites (tertiary alicyclic amines) is 1. The second kappa shape index (κ2) is 8.36. The number of hydrogen-bond acceptors (Lipinski definition) is 5. The van der Waals surface area contributed by atoms with Gasteiger partial charge in [-0.05, 0) is 56.9 Å². The Kier molecular flexibility index (Phi) is 6.07. The lowest BCUT2D eigenvalue weighted by Crippen LogP contribution is -2.39. The molecule has 0 spiro atoms. The van der Waals surface area contributed by atoms with Crippen LogP contribution in [-0.4, -0.2) is 47.1 Å². The quantitative estimate of drug-likeness (QED) is 0.742. The third-order valence-corrected chi connectivity index (χ3v) is 7.43. The summed E-state index contributed by atoms with van der Waals surface area (Å²) in [5.41, 5.74) is 6.88. The molecule has 3 rings (SSSR count). The number of nitrogens with two attached hydrogens (primary N) is 1. The average Bonchev–Trinajstić information content (AvgIpc) is 3.18. The summed E-state index contributed by atoms with van der Waals surface area (Å²) in [5, 5.41) is 6.25. The van der Waals surface area contributed by atoms with Gasteiger partial charge in [0.25, 0.3) is 5.91 Å². The number of piperidine rings is 1. The number of aromatic nitrogens is 2. The van der Waals surface area contributed by atoms with E-state index in [0.717, 1.165) is 24.8 Å². The van der Waals surface area contributed by atoms with Crippen LogP contribution in [0.1, 0.15) is 60.9 Å². The van der Waals surface area contributed by atoms with Crippen LogP contribution in [0.25, 0.3) is 0 Å². The Balaban J connectivity index is 1.75. The minimum atomic E-state index is -3.34. The van der Waals surface area contributed by atoms with Gasteiger partial charge in [0.15, 0.2) is 9.84 Å². The number of carbonyl (C=O) groups excluding carboxylic acids is 2. The summed E-state index contributed by atoms with van der Waals surface area (Å²) >= 11 is 0. The zero-order chi connectivity index (χ0) is 21.2. The van der Waals surface area contributed by atoms with Gasteiger partial charge in [0.2, 0.25) is 5.91 Å². The molecular weight excluding hydrogens is 392 g/mol. The van der Waals surface area contributed by atoms with Crippen molar-refractivity contribution in [3.63, 3.8) is 0 Å². The van der Waals surface area contributed by atoms with E-state index in [9.17, 15) is 18.0 Å². The summed E-state index contributed by atoms with van der Waals surface area (Å²) < 4.78 is 24.5. The second-order valence-electron chi connectivity index (χ2n) is 7.59. The Morgan fingerprint density at radius 2 is 1.93 bits per heavy atom. The average molecular weight is 419 g/mol. The van der Waals surface area contributed by atoms with E-state index < -0.39 is 21.0 Å². The van der Waals surface area contributed by atoms with Gasteiger partial charge in [-0.3, -0.25) is 14.7 Å². The normalized spacial score (nSPS) is 17.5. The number of rotatable bonds is 6. The Hall–Kier alpha value is -2.68. The molecule has 1 aromatic carbocycles. The monoisotopic (exact) mass is 418 g/mol. The largest absolute Gasteiger partial charge is 0.364 e. The van der Waals surface area contributed by atoms with Crippen molar-refractivity contribution in [2.45, 2.75) is 55.7 Å². The van der Waals surface area contributed by atoms with E-state index >= 15 is 0 Å². The Morgan fingerprint density at radius 1 is 1.24 bits per heavy atom. The molecule has 1 aliphatic heterocycles. The van der Waals surface area contributed by atoms with E-state index in [0.29, 0.717) is 12.2 Å². The van der Waals surface area contributed by atoms with Crippen LogP contribution in [0, 0.1) is 0 Å². The fourth-order valence-electron chi connectivity index (χ4n) is 3.53. The van der Waals surface area contributed by atoms with Gasteiger partial charge in [-0.2, -0.15) is 5.10 Å². The van der Waals surface area contributed by atoms with Crippen molar-refractivity contribution in [3.8, 4) is 0 Å². The number of sulfone groups is 1. The molecule has 0 aliphatic carbocycles. The van der Waals surface area contributed by atoms with Crippen LogP contribution in [0.2, 0.25) is 0 Å². The summed E-state index contributed by atoms with van der Waals surface area (Å²) in [6.45, 7) is 3.90. The molecule has 0 saturated carbocycles. The number of nitrogens with one attached hydrogen (secondary N) is 1. The zero-order valence-electron chi connectivity index (χ0n) is 16.6. The summed E-state index contributed by atoms with van der Waals surface area (Å²) in [6, 6.07) is 7.90. The highest BCUT2D eigenvalue weighted by atomic mass is 32.2. The van der Waals surface area contributed by atoms with E-state index in [-0.39, 0.29) is 29.0 Å². The highest BCUT2D eigenvalue weighted by Gasteiger charge is 2.30. The van der Waals surface area contributed by atoms with E-state index in [2.05, 4.69) is 10.2 Å². The minimum absolute atomic E-state index is 0.0515. The van der Waals surface area contributed by atoms with Gasteiger partial charge in [0, 0.05) is 6.54 Å². The third kappa shape index (κ3) is 4.50. The molecule has 2 heterocycles. The van der Waals surface area contributed by atoms with E-state index in [1.807, 2.05) is 0 Å². The van der Waals surface area contributed by atoms with Crippen LogP contribution >= 0.6 is 0 Å². The lowest BCUT2D eigenvalue weighted by atomic mass is 9.98. The van der Waals surface area contributed by atoms with E-state index in [1.165, 1.54) is 0 Å². The first-order valence-electron chi connectivity index (χ1n) is 9.67. The van der Waals surface area contributed by atoms with Crippen molar-refractivity contribution in [2.75, 3.05) is 6.54 Å². The lowest BCUT2D eigenvalue weighted by Gasteiger charge is -2.35. The molecule has 1 unspecified atom stereocenters. The van der Waals surface area contributed by atoms with Gasteiger partial charge in [-0.25, -0.2) is 8.42 Å². The van der Waals surface area contributed by atoms with Gasteiger partial charge in [-0.15, -0.1) is 0 Å². The number of carbonyl (C=O) groups is 2. The van der Waals surface area contributed by atoms with Crippen molar-refractivity contribution >= 4 is 21.7 Å². The number of H-pyrrole nitrogens is 1. The zero-order valence-corrected chi connectivity index (χ0v) is 17.4. The number of benzene rings is 1. The van der Waals surface area contributed by atoms with Crippen LogP contribution in [0.3, 0.4) is 0 Å². The Bertz CT molecular complexity index is 996. The van der Waals surface area contributed by atoms with Crippen LogP contribution in [-0.2, 0) is 21.1 Å². The number of nitrogens with zero attached hydrogens (tertiary/aromatic N) is 2. The van der Waals surface area contributed by atoms with Crippen molar-refractivity contribution < 1.29 is 18.0 Å². The molecule has 2 amide bonds. The molecule has 1 atom stereocenters. The molecule has 9 heteroatoms. The van der Waals surface area contributed by atoms with Gasteiger partial charge < -0.3 is 10.6 Å². The van der Waals surface area contributed by atoms with Crippen molar-refractivity contribution in [2.24, 2.45) is 5.73 Å². The number of aromatic amines is 1. The predicted octanol–water partition coefficient (Wildman–Crippen LogP) is 1.99. The van der Waals surface area contributed by atoms with Gasteiger partial charge in [0.05, 0.1) is 28.3 Å². The predicted molar refractivity (Wildman–Crippen MR) is 108 cm³/mol. The molecule has 0 radical (unpaired) electrons. The fourth-order valence-corrected chi connectivity index (χ4v) is 4.59. The Morgan fingerprint density at radius 3 is 2.52 bits per heavy atom. The molecule has 0 bridgehead atoms. The molecule has 1 aromatic heterocycles. The molecule has 8 nitrogen and oxygen atoms in total. The smallest absolute Gasteiger partial charge is 0.269 e. The minimum Gasteiger partial charge on any atom is -0.364 e. The fraction of sp³-hybridized carbons (Fsp3) is 0.450. The highest BCUT2D eigenvalue weighted by Crippen LogP contribution is 2.30. The topological polar surface area (TPSA) is 126 Å². The summed E-state index contributed by atoms with van der Waals surface area (Å²) in [4.78, 5) is 26.3. The van der Waals surface area contributed by atoms with Gasteiger partial charge in [0.1, 0.15) is 5.69 Å². The van der Waals surface area contributed by atoms with Crippen LogP contribution in [0.4, 0.5) is 0 Å². The maximum atomic E-state index is 13.0. The first-order valence-corrected chi connectivity index (χ1v) is 11.2. The summed E-state index contributed by atoms with van der Waals surface area (Å²) in [5.74, 6) is -0.665. The van der Waals surface area contributed by atoms with E-state index in [1.54, 1.807) is 49.1 Å². The number of primary amides is 1. The van der Waals surface area contributed by atoms with Crippen LogP contribution in [0.15, 0.2) is 35.2 Å². The van der Waals surface area contributed by atoms with Crippen LogP contribution < -0.4 is 5.73 Å². The third-order valence-electron chi connectivity index (χ3n) is 5.26. The highest BCUT2D eigenvalue weighted by molar-refractivity contribution is 7.92. The standard InChI is InChI=1S/C20H26N4O4S/c1-13(2)29(27,28)15-8-6-14(7-9-15)11-19(25)24-10-4-3-5-18(24)16-12-17(20(21)26)23-22-16/h6-9,12-13,18H,3-5,10-11H2,1-2H3,(H2,21,26)(H,22,23). The lowest BCUT2D eigenvalue weighted by molar-refractivity contribution is -0.134. The summed E-state index contributed by atoms with van der Waals surface area (Å²) in [6.07, 6.45) is 2.83. The first kappa shape index (κ1) is 21.0. The van der Waals surface area contributed by atoms with E-state index in [4.69, 9.17) is 5.73 Å². The second-order valence-corrected chi connectivity index (χ2v) is 10.1. The molecule has 29 heavy (non-hydrogen) atoms. The summed E-state index contributed by atoms with van der Waals surface area (Å²) in [7, 11) is -3.34. The van der Waals surface area contributed by atoms with Crippen LogP contribution in [0.5, 0.6) is 0 Å².